The molecule has 0 atom stereocenters. The number of aliphatic hydroxyl groups excluding tert-OH is 1. The van der Waals surface area contributed by atoms with E-state index in [9.17, 15) is 4.79 Å². The number of nitrogens with zero attached hydrogens (tertiary/aromatic N) is 1. The number of halogens is 1. The Balaban J connectivity index is 1.69. The molecule has 0 saturated heterocycles. The SMILES string of the molecule is O=C(NCCc1ccc(CO)cc1)c1cc(Cl)cc2cccnc12. The van der Waals surface area contributed by atoms with Crippen LogP contribution in [0.5, 0.6) is 0 Å². The number of amides is 1. The molecule has 0 spiro atoms. The Hall–Kier alpha value is -2.43. The van der Waals surface area contributed by atoms with E-state index in [0.29, 0.717) is 29.1 Å². The number of benzene rings is 2. The van der Waals surface area contributed by atoms with Gasteiger partial charge in [0.2, 0.25) is 0 Å². The first-order valence-electron chi connectivity index (χ1n) is 7.68. The average Bonchev–Trinajstić information content (AvgIpc) is 2.61. The Morgan fingerprint density at radius 1 is 1.12 bits per heavy atom. The van der Waals surface area contributed by atoms with Crippen LogP contribution in [0.15, 0.2) is 54.7 Å². The average molecular weight is 341 g/mol. The quantitative estimate of drug-likeness (QED) is 0.748. The summed E-state index contributed by atoms with van der Waals surface area (Å²) in [6.45, 7) is 0.546. The van der Waals surface area contributed by atoms with Crippen molar-refractivity contribution in [1.29, 1.82) is 0 Å². The molecule has 3 rings (SSSR count). The van der Waals surface area contributed by atoms with Gasteiger partial charge in [0, 0.05) is 23.2 Å². The number of rotatable bonds is 5. The van der Waals surface area contributed by atoms with Crippen LogP contribution < -0.4 is 5.32 Å². The maximum Gasteiger partial charge on any atom is 0.253 e. The van der Waals surface area contributed by atoms with E-state index in [-0.39, 0.29) is 12.5 Å². The van der Waals surface area contributed by atoms with E-state index in [1.807, 2.05) is 36.4 Å². The maximum atomic E-state index is 12.5. The molecule has 122 valence electrons. The van der Waals surface area contributed by atoms with E-state index in [1.165, 1.54) is 0 Å². The van der Waals surface area contributed by atoms with Gasteiger partial charge in [-0.1, -0.05) is 41.9 Å². The molecule has 5 heteroatoms. The monoisotopic (exact) mass is 340 g/mol. The number of aliphatic hydroxyl groups is 1. The summed E-state index contributed by atoms with van der Waals surface area (Å²) in [6.07, 6.45) is 2.37. The second-order valence-electron chi connectivity index (χ2n) is 5.51. The minimum absolute atomic E-state index is 0.0336. The zero-order valence-electron chi connectivity index (χ0n) is 13.0. The first-order chi connectivity index (χ1) is 11.7. The molecule has 2 aromatic carbocycles. The van der Waals surface area contributed by atoms with Crippen molar-refractivity contribution in [3.05, 3.63) is 76.4 Å². The normalized spacial score (nSPS) is 10.8. The van der Waals surface area contributed by atoms with Crippen molar-refractivity contribution in [2.24, 2.45) is 0 Å². The second kappa shape index (κ2) is 7.43. The van der Waals surface area contributed by atoms with Gasteiger partial charge in [0.15, 0.2) is 0 Å². The topological polar surface area (TPSA) is 62.2 Å². The van der Waals surface area contributed by atoms with Crippen molar-refractivity contribution in [3.63, 3.8) is 0 Å². The Kier molecular flexibility index (Phi) is 5.08. The van der Waals surface area contributed by atoms with E-state index >= 15 is 0 Å². The van der Waals surface area contributed by atoms with E-state index in [4.69, 9.17) is 16.7 Å². The third-order valence-corrected chi connectivity index (χ3v) is 4.04. The van der Waals surface area contributed by atoms with E-state index < -0.39 is 0 Å². The number of nitrogens with one attached hydrogen (secondary N) is 1. The van der Waals surface area contributed by atoms with Crippen molar-refractivity contribution >= 4 is 28.4 Å². The minimum atomic E-state index is -0.187. The van der Waals surface area contributed by atoms with E-state index in [2.05, 4.69) is 10.3 Å². The minimum Gasteiger partial charge on any atom is -0.392 e. The first kappa shape index (κ1) is 16.4. The number of carbonyl (C=O) groups excluding carboxylic acids is 1. The molecule has 0 saturated carbocycles. The number of fused-ring (bicyclic) bond motifs is 1. The maximum absolute atomic E-state index is 12.5. The van der Waals surface area contributed by atoms with Gasteiger partial charge in [0.05, 0.1) is 17.7 Å². The summed E-state index contributed by atoms with van der Waals surface area (Å²) in [4.78, 5) is 16.7. The molecular weight excluding hydrogens is 324 g/mol. The molecule has 0 bridgehead atoms. The highest BCUT2D eigenvalue weighted by Crippen LogP contribution is 2.22. The predicted molar refractivity (Wildman–Crippen MR) is 95.2 cm³/mol. The van der Waals surface area contributed by atoms with Gasteiger partial charge in [-0.05, 0) is 35.7 Å². The molecule has 0 fully saturated rings. The Morgan fingerprint density at radius 2 is 1.88 bits per heavy atom. The van der Waals surface area contributed by atoms with Crippen LogP contribution in [0.3, 0.4) is 0 Å². The summed E-state index contributed by atoms with van der Waals surface area (Å²) >= 11 is 6.10. The zero-order chi connectivity index (χ0) is 16.9. The number of carbonyl (C=O) groups is 1. The Bertz CT molecular complexity index is 863. The second-order valence-corrected chi connectivity index (χ2v) is 5.95. The molecule has 24 heavy (non-hydrogen) atoms. The predicted octanol–water partition coefficient (Wildman–Crippen LogP) is 3.35. The highest BCUT2D eigenvalue weighted by atomic mass is 35.5. The Labute approximate surface area is 145 Å². The molecule has 0 aliphatic heterocycles. The van der Waals surface area contributed by atoms with Gasteiger partial charge in [-0.15, -0.1) is 0 Å². The fourth-order valence-electron chi connectivity index (χ4n) is 2.56. The fourth-order valence-corrected chi connectivity index (χ4v) is 2.78. The van der Waals surface area contributed by atoms with Gasteiger partial charge < -0.3 is 10.4 Å². The zero-order valence-corrected chi connectivity index (χ0v) is 13.8. The number of hydrogen-bond acceptors (Lipinski definition) is 3. The number of pyridine rings is 1. The van der Waals surface area contributed by atoms with Gasteiger partial charge >= 0.3 is 0 Å². The van der Waals surface area contributed by atoms with Crippen LogP contribution in [-0.4, -0.2) is 22.5 Å². The van der Waals surface area contributed by atoms with E-state index in [1.54, 1.807) is 18.3 Å². The summed E-state index contributed by atoms with van der Waals surface area (Å²) in [5.74, 6) is -0.187. The molecule has 1 amide bonds. The molecule has 1 heterocycles. The standard InChI is InChI=1S/C19H17ClN2O2/c20-16-10-15-2-1-8-21-18(15)17(11-16)19(24)22-9-7-13-3-5-14(12-23)6-4-13/h1-6,8,10-11,23H,7,9,12H2,(H,22,24). The molecule has 0 unspecified atom stereocenters. The highest BCUT2D eigenvalue weighted by molar-refractivity contribution is 6.32. The third kappa shape index (κ3) is 3.72. The van der Waals surface area contributed by atoms with E-state index in [0.717, 1.165) is 16.5 Å². The Morgan fingerprint density at radius 3 is 2.62 bits per heavy atom. The lowest BCUT2D eigenvalue weighted by atomic mass is 10.1. The van der Waals surface area contributed by atoms with Crippen LogP contribution in [-0.2, 0) is 13.0 Å². The van der Waals surface area contributed by atoms with Crippen LogP contribution in [0.25, 0.3) is 10.9 Å². The summed E-state index contributed by atoms with van der Waals surface area (Å²) in [5, 5.41) is 13.3. The number of aromatic nitrogens is 1. The molecule has 3 aromatic rings. The van der Waals surface area contributed by atoms with Crippen molar-refractivity contribution in [2.75, 3.05) is 6.54 Å². The van der Waals surface area contributed by atoms with Crippen molar-refractivity contribution in [3.8, 4) is 0 Å². The lowest BCUT2D eigenvalue weighted by Crippen LogP contribution is -2.26. The van der Waals surface area contributed by atoms with Gasteiger partial charge in [-0.2, -0.15) is 0 Å². The smallest absolute Gasteiger partial charge is 0.253 e. The van der Waals surface area contributed by atoms with Crippen LogP contribution in [0.4, 0.5) is 0 Å². The molecule has 2 N–H and O–H groups in total. The van der Waals surface area contributed by atoms with Crippen molar-refractivity contribution in [2.45, 2.75) is 13.0 Å². The van der Waals surface area contributed by atoms with Crippen LogP contribution in [0.2, 0.25) is 5.02 Å². The summed E-state index contributed by atoms with van der Waals surface area (Å²) in [6, 6.07) is 14.8. The molecule has 4 nitrogen and oxygen atoms in total. The lowest BCUT2D eigenvalue weighted by molar-refractivity contribution is 0.0955. The molecule has 0 aliphatic carbocycles. The van der Waals surface area contributed by atoms with Crippen LogP contribution in [0.1, 0.15) is 21.5 Å². The van der Waals surface area contributed by atoms with Gasteiger partial charge in [-0.3, -0.25) is 9.78 Å². The third-order valence-electron chi connectivity index (χ3n) is 3.82. The summed E-state index contributed by atoms with van der Waals surface area (Å²) in [7, 11) is 0. The van der Waals surface area contributed by atoms with Gasteiger partial charge in [0.25, 0.3) is 5.91 Å². The molecule has 0 radical (unpaired) electrons. The molecule has 0 aliphatic rings. The highest BCUT2D eigenvalue weighted by Gasteiger charge is 2.12. The molecule has 1 aromatic heterocycles. The first-order valence-corrected chi connectivity index (χ1v) is 8.06. The van der Waals surface area contributed by atoms with Gasteiger partial charge in [-0.25, -0.2) is 0 Å². The molecular formula is C19H17ClN2O2. The lowest BCUT2D eigenvalue weighted by Gasteiger charge is -2.09. The van der Waals surface area contributed by atoms with Crippen molar-refractivity contribution < 1.29 is 9.90 Å². The summed E-state index contributed by atoms with van der Waals surface area (Å²) in [5.41, 5.74) is 3.10. The van der Waals surface area contributed by atoms with Gasteiger partial charge in [0.1, 0.15) is 0 Å². The number of hydrogen-bond donors (Lipinski definition) is 2. The fraction of sp³-hybridized carbons (Fsp3) is 0.158. The van der Waals surface area contributed by atoms with Crippen LogP contribution >= 0.6 is 11.6 Å². The van der Waals surface area contributed by atoms with Crippen molar-refractivity contribution in [1.82, 2.24) is 10.3 Å². The largest absolute Gasteiger partial charge is 0.392 e. The summed E-state index contributed by atoms with van der Waals surface area (Å²) < 4.78 is 0. The van der Waals surface area contributed by atoms with Crippen LogP contribution in [0, 0.1) is 0 Å².